The lowest BCUT2D eigenvalue weighted by molar-refractivity contribution is 0.0379. The molecule has 0 N–H and O–H groups in total. The highest BCUT2D eigenvalue weighted by Crippen LogP contribution is 2.33. The van der Waals surface area contributed by atoms with Crippen LogP contribution in [0, 0.1) is 6.92 Å². The maximum atomic E-state index is 14.4. The van der Waals surface area contributed by atoms with Crippen LogP contribution < -0.4 is 0 Å². The van der Waals surface area contributed by atoms with Gasteiger partial charge in [0.2, 0.25) is 0 Å². The lowest BCUT2D eigenvalue weighted by Crippen LogP contribution is -2.22. The average molecular weight is 438 g/mol. The monoisotopic (exact) mass is 438 g/mol. The third-order valence-corrected chi connectivity index (χ3v) is 5.69. The van der Waals surface area contributed by atoms with Gasteiger partial charge in [0.25, 0.3) is 5.92 Å². The molecule has 3 heterocycles. The lowest BCUT2D eigenvalue weighted by atomic mass is 10.1. The molecule has 0 spiro atoms. The predicted octanol–water partition coefficient (Wildman–Crippen LogP) is 5.07. The quantitative estimate of drug-likeness (QED) is 0.312. The van der Waals surface area contributed by atoms with E-state index in [9.17, 15) is 13.6 Å². The van der Waals surface area contributed by atoms with Crippen molar-refractivity contribution >= 4 is 28.0 Å². The molecule has 4 aromatic rings. The van der Waals surface area contributed by atoms with Crippen LogP contribution >= 0.6 is 0 Å². The number of hydrogen-bond acceptors (Lipinski definition) is 4. The Morgan fingerprint density at radius 1 is 1.25 bits per heavy atom. The number of benzene rings is 1. The van der Waals surface area contributed by atoms with E-state index >= 15 is 0 Å². The minimum absolute atomic E-state index is 0.414. The molecule has 0 aliphatic rings. The number of hydrogen-bond donors (Lipinski definition) is 0. The first-order chi connectivity index (χ1) is 15.2. The molecule has 32 heavy (non-hydrogen) atoms. The number of carbonyl (C=O) groups is 1. The third kappa shape index (κ3) is 3.55. The zero-order valence-electron chi connectivity index (χ0n) is 18.4. The number of alkyl halides is 2. The van der Waals surface area contributed by atoms with Gasteiger partial charge in [-0.3, -0.25) is 0 Å². The van der Waals surface area contributed by atoms with E-state index in [-0.39, 0.29) is 0 Å². The Bertz CT molecular complexity index is 1370. The van der Waals surface area contributed by atoms with Crippen molar-refractivity contribution < 1.29 is 18.3 Å². The number of ether oxygens (including phenoxy) is 1. The Hall–Kier alpha value is -3.55. The van der Waals surface area contributed by atoms with Gasteiger partial charge in [-0.2, -0.15) is 0 Å². The number of fused-ring (bicyclic) bond motifs is 2. The molecule has 0 aliphatic heterocycles. The van der Waals surface area contributed by atoms with Crippen LogP contribution in [0.25, 0.3) is 33.6 Å². The van der Waals surface area contributed by atoms with Crippen LogP contribution in [-0.4, -0.2) is 38.1 Å². The standard InChI is InChI=1S/C24H24F2N4O2/c1-6-16-9-8-15-11-20(30(21(15)27-16)13-24(25,26)7-2)22-28-18-12-17(23(31)32-5)14(3)10-19(18)29(22)4/h7-12H,2,6,13H2,1,3-5H3. The van der Waals surface area contributed by atoms with Crippen LogP contribution in [0.2, 0.25) is 0 Å². The molecule has 0 radical (unpaired) electrons. The molecule has 0 saturated carbocycles. The van der Waals surface area contributed by atoms with Crippen LogP contribution in [-0.2, 0) is 24.8 Å². The van der Waals surface area contributed by atoms with Gasteiger partial charge in [0.1, 0.15) is 5.65 Å². The summed E-state index contributed by atoms with van der Waals surface area (Å²) < 4.78 is 37.0. The summed E-state index contributed by atoms with van der Waals surface area (Å²) in [5.41, 5.74) is 4.30. The van der Waals surface area contributed by atoms with Gasteiger partial charge < -0.3 is 13.9 Å². The largest absolute Gasteiger partial charge is 0.465 e. The summed E-state index contributed by atoms with van der Waals surface area (Å²) in [4.78, 5) is 21.4. The second kappa shape index (κ2) is 7.85. The number of pyridine rings is 1. The Morgan fingerprint density at radius 2 is 2.00 bits per heavy atom. The molecule has 0 fully saturated rings. The second-order valence-electron chi connectivity index (χ2n) is 7.79. The molecule has 0 saturated heterocycles. The van der Waals surface area contributed by atoms with Gasteiger partial charge in [-0.15, -0.1) is 0 Å². The molecule has 1 aromatic carbocycles. The number of rotatable bonds is 6. The zero-order valence-corrected chi connectivity index (χ0v) is 18.4. The fraction of sp³-hybridized carbons (Fsp3) is 0.292. The Kier molecular flexibility index (Phi) is 5.32. The van der Waals surface area contributed by atoms with Gasteiger partial charge in [-0.1, -0.05) is 13.5 Å². The lowest BCUT2D eigenvalue weighted by Gasteiger charge is -2.16. The maximum Gasteiger partial charge on any atom is 0.338 e. The minimum Gasteiger partial charge on any atom is -0.465 e. The minimum atomic E-state index is -3.12. The summed E-state index contributed by atoms with van der Waals surface area (Å²) in [6, 6.07) is 9.10. The Morgan fingerprint density at radius 3 is 2.66 bits per heavy atom. The van der Waals surface area contributed by atoms with E-state index in [1.807, 2.05) is 49.7 Å². The van der Waals surface area contributed by atoms with Gasteiger partial charge in [-0.25, -0.2) is 23.5 Å². The molecule has 0 amide bonds. The summed E-state index contributed by atoms with van der Waals surface area (Å²) in [5.74, 6) is -3.07. The number of halogens is 2. The topological polar surface area (TPSA) is 61.9 Å². The molecule has 0 aliphatic carbocycles. The number of methoxy groups -OCH3 is 1. The van der Waals surface area contributed by atoms with E-state index in [4.69, 9.17) is 9.72 Å². The molecule has 0 unspecified atom stereocenters. The summed E-state index contributed by atoms with van der Waals surface area (Å²) in [7, 11) is 3.14. The van der Waals surface area contributed by atoms with Crippen molar-refractivity contribution in [2.24, 2.45) is 7.05 Å². The van der Waals surface area contributed by atoms with Crippen LogP contribution in [0.3, 0.4) is 0 Å². The van der Waals surface area contributed by atoms with Gasteiger partial charge in [0.05, 0.1) is 35.9 Å². The third-order valence-electron chi connectivity index (χ3n) is 5.69. The molecule has 0 bridgehead atoms. The van der Waals surface area contributed by atoms with E-state index in [1.54, 1.807) is 6.07 Å². The number of esters is 1. The number of nitrogens with zero attached hydrogens (tertiary/aromatic N) is 4. The summed E-state index contributed by atoms with van der Waals surface area (Å²) in [6.45, 7) is 6.45. The van der Waals surface area contributed by atoms with Crippen LogP contribution in [0.5, 0.6) is 0 Å². The van der Waals surface area contributed by atoms with E-state index < -0.39 is 18.4 Å². The number of aromatic nitrogens is 4. The highest BCUT2D eigenvalue weighted by Gasteiger charge is 2.29. The predicted molar refractivity (Wildman–Crippen MR) is 120 cm³/mol. The Labute approximate surface area is 184 Å². The van der Waals surface area contributed by atoms with Crippen molar-refractivity contribution in [2.75, 3.05) is 7.11 Å². The molecule has 166 valence electrons. The van der Waals surface area contributed by atoms with E-state index in [2.05, 4.69) is 11.6 Å². The molecular weight excluding hydrogens is 414 g/mol. The summed E-state index contributed by atoms with van der Waals surface area (Å²) in [6.07, 6.45) is 1.34. The molecule has 3 aromatic heterocycles. The van der Waals surface area contributed by atoms with Crippen molar-refractivity contribution in [3.8, 4) is 11.5 Å². The van der Waals surface area contributed by atoms with Crippen LogP contribution in [0.4, 0.5) is 8.78 Å². The number of carbonyl (C=O) groups excluding carboxylic acids is 1. The normalized spacial score (nSPS) is 11.9. The SMILES string of the molecule is C=CC(F)(F)Cn1c(-c2nc3cc(C(=O)OC)c(C)cc3n2C)cc2ccc(CC)nc21. The van der Waals surface area contributed by atoms with Crippen LogP contribution in [0.15, 0.2) is 43.0 Å². The molecule has 8 heteroatoms. The first-order valence-electron chi connectivity index (χ1n) is 10.3. The first kappa shape index (κ1) is 21.7. The Balaban J connectivity index is 1.99. The van der Waals surface area contributed by atoms with Gasteiger partial charge in [-0.05, 0) is 55.3 Å². The smallest absolute Gasteiger partial charge is 0.338 e. The number of aryl methyl sites for hydroxylation is 3. The van der Waals surface area contributed by atoms with Crippen molar-refractivity contribution in [1.82, 2.24) is 19.1 Å². The molecule has 6 nitrogen and oxygen atoms in total. The van der Waals surface area contributed by atoms with E-state index in [0.717, 1.165) is 22.2 Å². The van der Waals surface area contributed by atoms with Crippen LogP contribution in [0.1, 0.15) is 28.5 Å². The average Bonchev–Trinajstić information content (AvgIpc) is 3.29. The van der Waals surface area contributed by atoms with Gasteiger partial charge in [0.15, 0.2) is 5.82 Å². The van der Waals surface area contributed by atoms with Crippen molar-refractivity contribution in [2.45, 2.75) is 32.7 Å². The van der Waals surface area contributed by atoms with E-state index in [0.29, 0.717) is 40.7 Å². The maximum absolute atomic E-state index is 14.4. The fourth-order valence-corrected chi connectivity index (χ4v) is 3.89. The summed E-state index contributed by atoms with van der Waals surface area (Å²) in [5, 5.41) is 0.746. The molecular formula is C24H24F2N4O2. The number of allylic oxidation sites excluding steroid dienone is 1. The fourth-order valence-electron chi connectivity index (χ4n) is 3.89. The van der Waals surface area contributed by atoms with Crippen molar-refractivity contribution in [3.63, 3.8) is 0 Å². The number of imidazole rings is 1. The first-order valence-corrected chi connectivity index (χ1v) is 10.3. The zero-order chi connectivity index (χ0) is 23.2. The van der Waals surface area contributed by atoms with Gasteiger partial charge >= 0.3 is 5.97 Å². The van der Waals surface area contributed by atoms with Gasteiger partial charge in [0, 0.05) is 18.1 Å². The highest BCUT2D eigenvalue weighted by atomic mass is 19.3. The van der Waals surface area contributed by atoms with Crippen molar-refractivity contribution in [3.05, 3.63) is 59.8 Å². The molecule has 4 rings (SSSR count). The second-order valence-corrected chi connectivity index (χ2v) is 7.79. The van der Waals surface area contributed by atoms with Crippen molar-refractivity contribution in [1.29, 1.82) is 0 Å². The summed E-state index contributed by atoms with van der Waals surface area (Å²) >= 11 is 0. The van der Waals surface area contributed by atoms with E-state index in [1.165, 1.54) is 11.7 Å². The highest BCUT2D eigenvalue weighted by molar-refractivity contribution is 5.96. The molecule has 0 atom stereocenters.